The van der Waals surface area contributed by atoms with Crippen LogP contribution in [-0.2, 0) is 18.1 Å². The van der Waals surface area contributed by atoms with E-state index in [0.717, 1.165) is 11.1 Å². The van der Waals surface area contributed by atoms with Gasteiger partial charge in [-0.15, -0.1) is 5.06 Å². The molecule has 0 fully saturated rings. The van der Waals surface area contributed by atoms with Crippen molar-refractivity contribution in [3.63, 3.8) is 0 Å². The van der Waals surface area contributed by atoms with E-state index in [1.165, 1.54) is 5.06 Å². The highest BCUT2D eigenvalue weighted by Gasteiger charge is 2.18. The molecule has 36 heavy (non-hydrogen) atoms. The maximum atomic E-state index is 12.3. The highest BCUT2D eigenvalue weighted by Crippen LogP contribution is 2.32. The second-order valence-electron chi connectivity index (χ2n) is 8.33. The van der Waals surface area contributed by atoms with Crippen molar-refractivity contribution in [3.8, 4) is 11.5 Å². The third kappa shape index (κ3) is 7.18. The van der Waals surface area contributed by atoms with Crippen molar-refractivity contribution in [2.24, 2.45) is 0 Å². The van der Waals surface area contributed by atoms with Crippen LogP contribution in [0.3, 0.4) is 0 Å². The molecule has 0 aromatic heterocycles. The zero-order valence-corrected chi connectivity index (χ0v) is 20.1. The summed E-state index contributed by atoms with van der Waals surface area (Å²) >= 11 is 0. The number of benzene rings is 4. The Kier molecular flexibility index (Phi) is 8.70. The van der Waals surface area contributed by atoms with Crippen LogP contribution < -0.4 is 9.47 Å². The lowest BCUT2D eigenvalue weighted by Gasteiger charge is -2.21. The Hall–Kier alpha value is -4.13. The van der Waals surface area contributed by atoms with Gasteiger partial charge < -0.3 is 19.4 Å². The van der Waals surface area contributed by atoms with Crippen LogP contribution >= 0.6 is 0 Å². The Labute approximate surface area is 211 Å². The third-order valence-electron chi connectivity index (χ3n) is 5.51. The van der Waals surface area contributed by atoms with Gasteiger partial charge in [-0.1, -0.05) is 84.9 Å². The van der Waals surface area contributed by atoms with Gasteiger partial charge in [-0.05, 0) is 41.0 Å². The number of carbonyl (C=O) groups excluding carboxylic acids is 1. The highest BCUT2D eigenvalue weighted by molar-refractivity contribution is 5.89. The van der Waals surface area contributed by atoms with Gasteiger partial charge in [0.2, 0.25) is 0 Å². The minimum Gasteiger partial charge on any atom is -0.485 e. The van der Waals surface area contributed by atoms with E-state index < -0.39 is 12.1 Å². The van der Waals surface area contributed by atoms with E-state index in [1.807, 2.05) is 66.7 Å². The summed E-state index contributed by atoms with van der Waals surface area (Å²) in [4.78, 5) is 17.7. The van der Waals surface area contributed by atoms with Crippen LogP contribution in [0.2, 0.25) is 0 Å². The summed E-state index contributed by atoms with van der Waals surface area (Å²) in [5, 5.41) is 12.2. The first-order chi connectivity index (χ1) is 17.6. The van der Waals surface area contributed by atoms with Crippen molar-refractivity contribution in [2.75, 3.05) is 13.6 Å². The third-order valence-corrected chi connectivity index (χ3v) is 5.51. The molecule has 1 atom stereocenters. The zero-order valence-electron chi connectivity index (χ0n) is 20.1. The van der Waals surface area contributed by atoms with E-state index in [9.17, 15) is 9.90 Å². The van der Waals surface area contributed by atoms with Gasteiger partial charge in [-0.2, -0.15) is 0 Å². The average Bonchev–Trinajstić information content (AvgIpc) is 2.92. The van der Waals surface area contributed by atoms with E-state index in [0.29, 0.717) is 35.8 Å². The highest BCUT2D eigenvalue weighted by atomic mass is 16.7. The summed E-state index contributed by atoms with van der Waals surface area (Å²) in [5.41, 5.74) is 3.12. The molecule has 0 aliphatic rings. The van der Waals surface area contributed by atoms with Gasteiger partial charge in [0, 0.05) is 7.05 Å². The van der Waals surface area contributed by atoms with E-state index >= 15 is 0 Å². The van der Waals surface area contributed by atoms with E-state index in [-0.39, 0.29) is 6.54 Å². The maximum Gasteiger partial charge on any atom is 0.357 e. The molecule has 0 amide bonds. The normalized spacial score (nSPS) is 11.6. The molecule has 0 aliphatic carbocycles. The number of ether oxygens (including phenoxy) is 2. The van der Waals surface area contributed by atoms with Gasteiger partial charge in [0.1, 0.15) is 13.2 Å². The Bertz CT molecular complexity index is 1230. The molecule has 4 aromatic rings. The van der Waals surface area contributed by atoms with Gasteiger partial charge >= 0.3 is 5.97 Å². The summed E-state index contributed by atoms with van der Waals surface area (Å²) in [5.74, 6) is 0.617. The average molecular weight is 484 g/mol. The fourth-order valence-electron chi connectivity index (χ4n) is 3.59. The molecule has 1 N–H and O–H groups in total. The minimum atomic E-state index is -0.916. The lowest BCUT2D eigenvalue weighted by molar-refractivity contribution is -0.108. The number of rotatable bonds is 11. The van der Waals surface area contributed by atoms with Gasteiger partial charge in [0.05, 0.1) is 18.2 Å². The SMILES string of the molecule is CN(C[C@H](O)c1ccc(OCc2ccccc2)c(OCc2ccccc2)c1)OC(=O)c1ccccc1. The van der Waals surface area contributed by atoms with Gasteiger partial charge in [-0.25, -0.2) is 4.79 Å². The molecule has 0 bridgehead atoms. The molecule has 0 aliphatic heterocycles. The number of likely N-dealkylation sites (N-methyl/N-ethyl adjacent to an activating group) is 1. The van der Waals surface area contributed by atoms with Crippen LogP contribution in [0.1, 0.15) is 33.2 Å². The lowest BCUT2D eigenvalue weighted by Crippen LogP contribution is -2.28. The van der Waals surface area contributed by atoms with Crippen molar-refractivity contribution in [3.05, 3.63) is 131 Å². The van der Waals surface area contributed by atoms with Crippen LogP contribution in [0.4, 0.5) is 0 Å². The maximum absolute atomic E-state index is 12.3. The molecular weight excluding hydrogens is 454 g/mol. The topological polar surface area (TPSA) is 68.2 Å². The number of carbonyl (C=O) groups is 1. The van der Waals surface area contributed by atoms with Gasteiger partial charge in [0.15, 0.2) is 11.5 Å². The molecule has 0 spiro atoms. The second kappa shape index (κ2) is 12.5. The molecule has 4 rings (SSSR count). The van der Waals surface area contributed by atoms with Crippen LogP contribution in [0.15, 0.2) is 109 Å². The summed E-state index contributed by atoms with van der Waals surface area (Å²) in [7, 11) is 1.61. The van der Waals surface area contributed by atoms with E-state index in [4.69, 9.17) is 14.3 Å². The molecule has 4 aromatic carbocycles. The molecule has 0 heterocycles. The number of hydroxylamine groups is 2. The summed E-state index contributed by atoms with van der Waals surface area (Å²) in [6.45, 7) is 0.834. The second-order valence-corrected chi connectivity index (χ2v) is 8.33. The Morgan fingerprint density at radius 3 is 1.86 bits per heavy atom. The Morgan fingerprint density at radius 2 is 1.28 bits per heavy atom. The molecule has 0 saturated heterocycles. The monoisotopic (exact) mass is 483 g/mol. The number of nitrogens with zero attached hydrogens (tertiary/aromatic N) is 1. The quantitative estimate of drug-likeness (QED) is 0.281. The first-order valence-corrected chi connectivity index (χ1v) is 11.7. The summed E-state index contributed by atoms with van der Waals surface area (Å²) in [6.07, 6.45) is -0.916. The van der Waals surface area contributed by atoms with E-state index in [1.54, 1.807) is 49.5 Å². The molecule has 6 nitrogen and oxygen atoms in total. The van der Waals surface area contributed by atoms with Crippen molar-refractivity contribution >= 4 is 5.97 Å². The van der Waals surface area contributed by atoms with Gasteiger partial charge in [-0.3, -0.25) is 0 Å². The van der Waals surface area contributed by atoms with Crippen molar-refractivity contribution in [1.29, 1.82) is 0 Å². The van der Waals surface area contributed by atoms with Crippen molar-refractivity contribution < 1.29 is 24.2 Å². The summed E-state index contributed by atoms with van der Waals surface area (Å²) < 4.78 is 12.1. The Balaban J connectivity index is 1.45. The molecule has 0 unspecified atom stereocenters. The van der Waals surface area contributed by atoms with Gasteiger partial charge in [0.25, 0.3) is 0 Å². The van der Waals surface area contributed by atoms with E-state index in [2.05, 4.69) is 0 Å². The van der Waals surface area contributed by atoms with Crippen LogP contribution in [0.25, 0.3) is 0 Å². The molecule has 0 saturated carbocycles. The predicted octanol–water partition coefficient (Wildman–Crippen LogP) is 5.58. The van der Waals surface area contributed by atoms with Crippen LogP contribution in [-0.4, -0.2) is 29.7 Å². The molecule has 6 heteroatoms. The molecule has 0 radical (unpaired) electrons. The van der Waals surface area contributed by atoms with Crippen LogP contribution in [0, 0.1) is 0 Å². The zero-order chi connectivity index (χ0) is 25.2. The fraction of sp³-hybridized carbons (Fsp3) is 0.167. The first kappa shape index (κ1) is 25.0. The number of hydrogen-bond donors (Lipinski definition) is 1. The Morgan fingerprint density at radius 1 is 0.750 bits per heavy atom. The number of aliphatic hydroxyl groups is 1. The number of hydrogen-bond acceptors (Lipinski definition) is 6. The van der Waals surface area contributed by atoms with Crippen molar-refractivity contribution in [2.45, 2.75) is 19.3 Å². The van der Waals surface area contributed by atoms with Crippen LogP contribution in [0.5, 0.6) is 11.5 Å². The minimum absolute atomic E-state index is 0.0842. The van der Waals surface area contributed by atoms with Crippen molar-refractivity contribution in [1.82, 2.24) is 5.06 Å². The molecular formula is C30H29NO5. The first-order valence-electron chi connectivity index (χ1n) is 11.7. The molecule has 184 valence electrons. The predicted molar refractivity (Wildman–Crippen MR) is 137 cm³/mol. The number of aliphatic hydroxyl groups excluding tert-OH is 1. The smallest absolute Gasteiger partial charge is 0.357 e. The lowest BCUT2D eigenvalue weighted by atomic mass is 10.1. The summed E-state index contributed by atoms with van der Waals surface area (Å²) in [6, 6.07) is 33.8. The standard InChI is InChI=1S/C30H29NO5/c1-31(36-30(33)25-15-9-4-10-16-25)20-27(32)26-17-18-28(34-21-23-11-5-2-6-12-23)29(19-26)35-22-24-13-7-3-8-14-24/h2-19,27,32H,20-22H2,1H3/t27-/m0/s1. The fourth-order valence-corrected chi connectivity index (χ4v) is 3.59. The largest absolute Gasteiger partial charge is 0.485 e.